The number of nitrogens with zero attached hydrogens (tertiary/aromatic N) is 2. The molecule has 0 radical (unpaired) electrons. The summed E-state index contributed by atoms with van der Waals surface area (Å²) < 4.78 is 29.5. The molecule has 0 aliphatic carbocycles. The Balaban J connectivity index is 1.62. The Morgan fingerprint density at radius 3 is 2.28 bits per heavy atom. The van der Waals surface area contributed by atoms with Crippen LogP contribution in [-0.4, -0.2) is 30.3 Å². The van der Waals surface area contributed by atoms with Gasteiger partial charge in [0.15, 0.2) is 9.84 Å². The van der Waals surface area contributed by atoms with Crippen molar-refractivity contribution in [2.45, 2.75) is 5.75 Å². The molecule has 1 N–H and O–H groups in total. The van der Waals surface area contributed by atoms with Crippen LogP contribution in [0.4, 0.5) is 6.01 Å². The fourth-order valence-corrected chi connectivity index (χ4v) is 3.48. The van der Waals surface area contributed by atoms with Crippen molar-refractivity contribution in [3.05, 3.63) is 66.2 Å². The van der Waals surface area contributed by atoms with Crippen molar-refractivity contribution in [1.82, 2.24) is 10.2 Å². The average Bonchev–Trinajstić information content (AvgIpc) is 3.04. The molecule has 2 aromatic carbocycles. The maximum atomic E-state index is 12.1. The molecular weight excluding hydrogens is 342 g/mol. The first-order chi connectivity index (χ1) is 12.0. The minimum Gasteiger partial charge on any atom is -0.403 e. The van der Waals surface area contributed by atoms with E-state index in [4.69, 9.17) is 4.42 Å². The summed E-state index contributed by atoms with van der Waals surface area (Å²) in [5.74, 6) is -1.35. The molecule has 25 heavy (non-hydrogen) atoms. The summed E-state index contributed by atoms with van der Waals surface area (Å²) in [5, 5.41) is 9.84. The van der Waals surface area contributed by atoms with Gasteiger partial charge in [0.05, 0.1) is 5.75 Å². The van der Waals surface area contributed by atoms with Gasteiger partial charge in [0.2, 0.25) is 11.8 Å². The summed E-state index contributed by atoms with van der Waals surface area (Å²) in [6.45, 7) is 0. The lowest BCUT2D eigenvalue weighted by atomic mass is 10.2. The van der Waals surface area contributed by atoms with Gasteiger partial charge in [-0.3, -0.25) is 10.1 Å². The van der Waals surface area contributed by atoms with Crippen LogP contribution in [0.25, 0.3) is 11.5 Å². The van der Waals surface area contributed by atoms with Crippen LogP contribution >= 0.6 is 0 Å². The van der Waals surface area contributed by atoms with Gasteiger partial charge in [-0.2, -0.15) is 0 Å². The second kappa shape index (κ2) is 7.27. The summed E-state index contributed by atoms with van der Waals surface area (Å²) in [5.41, 5.74) is 1.33. The molecule has 128 valence electrons. The molecule has 0 bridgehead atoms. The first-order valence-electron chi connectivity index (χ1n) is 7.45. The molecule has 0 saturated carbocycles. The molecule has 3 aromatic rings. The maximum Gasteiger partial charge on any atom is 0.322 e. The molecule has 1 aromatic heterocycles. The minimum atomic E-state index is -3.60. The van der Waals surface area contributed by atoms with E-state index < -0.39 is 21.5 Å². The van der Waals surface area contributed by atoms with E-state index in [1.807, 2.05) is 18.2 Å². The smallest absolute Gasteiger partial charge is 0.322 e. The number of carbonyl (C=O) groups excluding carboxylic acids is 1. The van der Waals surface area contributed by atoms with Crippen LogP contribution in [0.2, 0.25) is 0 Å². The van der Waals surface area contributed by atoms with Gasteiger partial charge >= 0.3 is 6.01 Å². The molecule has 3 rings (SSSR count). The van der Waals surface area contributed by atoms with Crippen LogP contribution in [0.15, 0.2) is 65.1 Å². The predicted octanol–water partition coefficient (Wildman–Crippen LogP) is 2.29. The molecule has 0 aliphatic rings. The lowest BCUT2D eigenvalue weighted by molar-refractivity contribution is -0.114. The molecule has 8 heteroatoms. The highest BCUT2D eigenvalue weighted by molar-refractivity contribution is 7.91. The van der Waals surface area contributed by atoms with Gasteiger partial charge in [0, 0.05) is 5.56 Å². The zero-order valence-corrected chi connectivity index (χ0v) is 13.9. The number of amides is 1. The van der Waals surface area contributed by atoms with Gasteiger partial charge < -0.3 is 4.42 Å². The number of carbonyl (C=O) groups is 1. The molecular formula is C17H15N3O4S. The van der Waals surface area contributed by atoms with Crippen LogP contribution < -0.4 is 5.32 Å². The third-order valence-electron chi connectivity index (χ3n) is 3.27. The summed E-state index contributed by atoms with van der Waals surface area (Å²) in [6, 6.07) is 17.6. The van der Waals surface area contributed by atoms with Crippen molar-refractivity contribution in [1.29, 1.82) is 0 Å². The third kappa shape index (κ3) is 4.74. The zero-order valence-electron chi connectivity index (χ0n) is 13.1. The molecule has 0 unspecified atom stereocenters. The van der Waals surface area contributed by atoms with E-state index in [0.29, 0.717) is 11.1 Å². The largest absolute Gasteiger partial charge is 0.403 e. The number of benzene rings is 2. The Bertz CT molecular complexity index is 954. The quantitative estimate of drug-likeness (QED) is 0.726. The van der Waals surface area contributed by atoms with Crippen molar-refractivity contribution in [3.63, 3.8) is 0 Å². The monoisotopic (exact) mass is 357 g/mol. The number of nitrogens with one attached hydrogen (secondary N) is 1. The molecule has 1 amide bonds. The number of aromatic nitrogens is 2. The average molecular weight is 357 g/mol. The highest BCUT2D eigenvalue weighted by Gasteiger charge is 2.19. The maximum absolute atomic E-state index is 12.1. The van der Waals surface area contributed by atoms with Crippen molar-refractivity contribution < 1.29 is 17.6 Å². The topological polar surface area (TPSA) is 102 Å². The van der Waals surface area contributed by atoms with E-state index in [2.05, 4.69) is 15.5 Å². The second-order valence-corrected chi connectivity index (χ2v) is 7.41. The summed E-state index contributed by atoms with van der Waals surface area (Å²) in [7, 11) is -3.60. The van der Waals surface area contributed by atoms with E-state index in [0.717, 1.165) is 0 Å². The number of anilines is 1. The number of sulfone groups is 1. The SMILES string of the molecule is O=C(CS(=O)(=O)Cc1ccccc1)Nc1nnc(-c2ccccc2)o1. The molecule has 0 spiro atoms. The van der Waals surface area contributed by atoms with Gasteiger partial charge in [0.25, 0.3) is 0 Å². The van der Waals surface area contributed by atoms with Crippen LogP contribution in [0, 0.1) is 0 Å². The molecule has 0 fully saturated rings. The lowest BCUT2D eigenvalue weighted by Crippen LogP contribution is -2.24. The van der Waals surface area contributed by atoms with E-state index in [1.165, 1.54) is 0 Å². The van der Waals surface area contributed by atoms with Crippen LogP contribution in [0.5, 0.6) is 0 Å². The first kappa shape index (κ1) is 16.8. The van der Waals surface area contributed by atoms with Gasteiger partial charge in [-0.25, -0.2) is 8.42 Å². The highest BCUT2D eigenvalue weighted by Crippen LogP contribution is 2.19. The van der Waals surface area contributed by atoms with Crippen LogP contribution in [0.1, 0.15) is 5.56 Å². The lowest BCUT2D eigenvalue weighted by Gasteiger charge is -2.04. The Hall–Kier alpha value is -3.00. The van der Waals surface area contributed by atoms with Gasteiger partial charge in [-0.1, -0.05) is 53.6 Å². The van der Waals surface area contributed by atoms with Gasteiger partial charge in [-0.05, 0) is 17.7 Å². The van der Waals surface area contributed by atoms with Gasteiger partial charge in [0.1, 0.15) is 5.75 Å². The van der Waals surface area contributed by atoms with E-state index in [-0.39, 0.29) is 17.7 Å². The molecule has 0 atom stereocenters. The van der Waals surface area contributed by atoms with Crippen molar-refractivity contribution >= 4 is 21.8 Å². The summed E-state index contributed by atoms with van der Waals surface area (Å²) >= 11 is 0. The summed E-state index contributed by atoms with van der Waals surface area (Å²) in [4.78, 5) is 11.9. The van der Waals surface area contributed by atoms with E-state index in [9.17, 15) is 13.2 Å². The standard InChI is InChI=1S/C17H15N3O4S/c21-15(12-25(22,23)11-13-7-3-1-4-8-13)18-17-20-19-16(24-17)14-9-5-2-6-10-14/h1-10H,11-12H2,(H,18,20,21). The Kier molecular flexibility index (Phi) is 4.90. The molecule has 0 aliphatic heterocycles. The summed E-state index contributed by atoms with van der Waals surface area (Å²) in [6.07, 6.45) is 0. The third-order valence-corrected chi connectivity index (χ3v) is 4.75. The fourth-order valence-electron chi connectivity index (χ4n) is 2.21. The molecule has 0 saturated heterocycles. The van der Waals surface area contributed by atoms with Crippen LogP contribution in [-0.2, 0) is 20.4 Å². The highest BCUT2D eigenvalue weighted by atomic mass is 32.2. The number of rotatable bonds is 6. The fraction of sp³-hybridized carbons (Fsp3) is 0.118. The van der Waals surface area contributed by atoms with E-state index >= 15 is 0 Å². The Labute approximate surface area is 144 Å². The van der Waals surface area contributed by atoms with Crippen molar-refractivity contribution in [2.24, 2.45) is 0 Å². The zero-order chi connectivity index (χ0) is 17.7. The normalized spacial score (nSPS) is 11.2. The second-order valence-electron chi connectivity index (χ2n) is 5.34. The number of hydrogen-bond acceptors (Lipinski definition) is 6. The Morgan fingerprint density at radius 1 is 0.960 bits per heavy atom. The van der Waals surface area contributed by atoms with Crippen LogP contribution in [0.3, 0.4) is 0 Å². The molecule has 7 nitrogen and oxygen atoms in total. The Morgan fingerprint density at radius 2 is 1.60 bits per heavy atom. The minimum absolute atomic E-state index is 0.140. The van der Waals surface area contributed by atoms with E-state index in [1.54, 1.807) is 42.5 Å². The van der Waals surface area contributed by atoms with Crippen molar-refractivity contribution in [2.75, 3.05) is 11.1 Å². The van der Waals surface area contributed by atoms with Crippen molar-refractivity contribution in [3.8, 4) is 11.5 Å². The predicted molar refractivity (Wildman–Crippen MR) is 92.3 cm³/mol. The molecule has 1 heterocycles. The number of hydrogen-bond donors (Lipinski definition) is 1. The van der Waals surface area contributed by atoms with Gasteiger partial charge in [-0.15, -0.1) is 5.10 Å². The first-order valence-corrected chi connectivity index (χ1v) is 9.27.